The molecule has 0 aliphatic carbocycles. The van der Waals surface area contributed by atoms with Gasteiger partial charge in [0.1, 0.15) is 5.82 Å². The van der Waals surface area contributed by atoms with E-state index in [4.69, 9.17) is 11.6 Å². The minimum atomic E-state index is -0.335. The van der Waals surface area contributed by atoms with E-state index in [-0.39, 0.29) is 11.9 Å². The van der Waals surface area contributed by atoms with Crippen molar-refractivity contribution in [2.75, 3.05) is 7.05 Å². The number of aryl methyl sites for hydroxylation is 1. The third-order valence-electron chi connectivity index (χ3n) is 2.72. The monoisotopic (exact) mass is 253 g/mol. The molecule has 0 saturated carbocycles. The van der Waals surface area contributed by atoms with Crippen LogP contribution in [0.25, 0.3) is 0 Å². The van der Waals surface area contributed by atoms with Crippen molar-refractivity contribution < 1.29 is 4.39 Å². The number of halogens is 2. The van der Waals surface area contributed by atoms with Crippen LogP contribution in [0.5, 0.6) is 0 Å². The molecule has 1 aromatic heterocycles. The molecule has 0 radical (unpaired) electrons. The summed E-state index contributed by atoms with van der Waals surface area (Å²) < 4.78 is 14.8. The summed E-state index contributed by atoms with van der Waals surface area (Å²) in [5, 5.41) is 7.68. The van der Waals surface area contributed by atoms with Gasteiger partial charge in [0.25, 0.3) is 0 Å². The van der Waals surface area contributed by atoms with Crippen LogP contribution in [0.4, 0.5) is 4.39 Å². The topological polar surface area (TPSA) is 29.9 Å². The normalized spacial score (nSPS) is 12.7. The Labute approximate surface area is 104 Å². The van der Waals surface area contributed by atoms with Crippen molar-refractivity contribution in [2.24, 2.45) is 7.05 Å². The van der Waals surface area contributed by atoms with E-state index in [0.717, 1.165) is 11.3 Å². The van der Waals surface area contributed by atoms with Crippen molar-refractivity contribution in [1.82, 2.24) is 15.1 Å². The molecule has 1 heterocycles. The molecule has 90 valence electrons. The Hall–Kier alpha value is -1.39. The number of aromatic nitrogens is 2. The lowest BCUT2D eigenvalue weighted by Gasteiger charge is -2.18. The summed E-state index contributed by atoms with van der Waals surface area (Å²) in [6, 6.07) is 6.21. The Kier molecular flexibility index (Phi) is 3.45. The summed E-state index contributed by atoms with van der Waals surface area (Å²) in [6.07, 6.45) is 1.72. The fourth-order valence-electron chi connectivity index (χ4n) is 1.87. The molecule has 3 nitrogen and oxygen atoms in total. The van der Waals surface area contributed by atoms with Gasteiger partial charge in [0.15, 0.2) is 0 Å². The van der Waals surface area contributed by atoms with Gasteiger partial charge >= 0.3 is 0 Å². The lowest BCUT2D eigenvalue weighted by molar-refractivity contribution is 0.599. The highest BCUT2D eigenvalue weighted by Crippen LogP contribution is 2.28. The van der Waals surface area contributed by atoms with Crippen LogP contribution in [0.2, 0.25) is 5.02 Å². The number of nitrogens with zero attached hydrogens (tertiary/aromatic N) is 2. The Morgan fingerprint density at radius 2 is 2.18 bits per heavy atom. The van der Waals surface area contributed by atoms with Gasteiger partial charge in [0.05, 0.1) is 11.7 Å². The second kappa shape index (κ2) is 4.85. The van der Waals surface area contributed by atoms with Gasteiger partial charge in [-0.25, -0.2) is 4.39 Å². The first kappa shape index (κ1) is 12.1. The van der Waals surface area contributed by atoms with E-state index >= 15 is 0 Å². The Balaban J connectivity index is 2.46. The number of rotatable bonds is 3. The SMILES string of the molecule is CNC(c1ccc(F)cc1Cl)c1ccnn1C. The highest BCUT2D eigenvalue weighted by Gasteiger charge is 2.18. The van der Waals surface area contributed by atoms with Gasteiger partial charge in [-0.2, -0.15) is 5.10 Å². The van der Waals surface area contributed by atoms with Crippen molar-refractivity contribution in [3.8, 4) is 0 Å². The molecule has 0 bridgehead atoms. The first-order valence-corrected chi connectivity index (χ1v) is 5.61. The molecule has 2 rings (SSSR count). The van der Waals surface area contributed by atoms with Crippen LogP contribution < -0.4 is 5.32 Å². The maximum atomic E-state index is 13.0. The van der Waals surface area contributed by atoms with Crippen molar-refractivity contribution in [3.05, 3.63) is 52.6 Å². The van der Waals surface area contributed by atoms with Crippen molar-refractivity contribution in [1.29, 1.82) is 0 Å². The fourth-order valence-corrected chi connectivity index (χ4v) is 2.14. The number of benzene rings is 1. The molecule has 5 heteroatoms. The minimum Gasteiger partial charge on any atom is -0.308 e. The first-order valence-electron chi connectivity index (χ1n) is 5.23. The zero-order chi connectivity index (χ0) is 12.4. The van der Waals surface area contributed by atoms with E-state index in [0.29, 0.717) is 5.02 Å². The van der Waals surface area contributed by atoms with E-state index in [1.807, 2.05) is 20.2 Å². The molecule has 1 aromatic carbocycles. The molecule has 1 unspecified atom stereocenters. The van der Waals surface area contributed by atoms with Gasteiger partial charge in [-0.1, -0.05) is 17.7 Å². The van der Waals surface area contributed by atoms with Crippen LogP contribution in [-0.2, 0) is 7.05 Å². The lowest BCUT2D eigenvalue weighted by atomic mass is 10.0. The smallest absolute Gasteiger partial charge is 0.124 e. The molecular formula is C12H13ClFN3. The highest BCUT2D eigenvalue weighted by molar-refractivity contribution is 6.31. The number of nitrogens with one attached hydrogen (secondary N) is 1. The van der Waals surface area contributed by atoms with Crippen molar-refractivity contribution in [2.45, 2.75) is 6.04 Å². The molecule has 2 aromatic rings. The molecule has 0 saturated heterocycles. The molecule has 0 aliphatic rings. The third-order valence-corrected chi connectivity index (χ3v) is 3.04. The Morgan fingerprint density at radius 1 is 1.41 bits per heavy atom. The highest BCUT2D eigenvalue weighted by atomic mass is 35.5. The molecule has 1 atom stereocenters. The summed E-state index contributed by atoms with van der Waals surface area (Å²) in [7, 11) is 3.69. The fraction of sp³-hybridized carbons (Fsp3) is 0.250. The average Bonchev–Trinajstić information content (AvgIpc) is 2.69. The zero-order valence-corrected chi connectivity index (χ0v) is 10.4. The van der Waals surface area contributed by atoms with E-state index in [1.54, 1.807) is 16.9 Å². The van der Waals surface area contributed by atoms with E-state index in [1.165, 1.54) is 12.1 Å². The molecule has 17 heavy (non-hydrogen) atoms. The van der Waals surface area contributed by atoms with E-state index < -0.39 is 0 Å². The standard InChI is InChI=1S/C12H13ClFN3/c1-15-12(11-5-6-16-17(11)2)9-4-3-8(14)7-10(9)13/h3-7,12,15H,1-2H3. The van der Waals surface area contributed by atoms with Gasteiger partial charge < -0.3 is 5.32 Å². The predicted octanol–water partition coefficient (Wildman–Crippen LogP) is 2.52. The summed E-state index contributed by atoms with van der Waals surface area (Å²) in [4.78, 5) is 0. The van der Waals surface area contributed by atoms with Gasteiger partial charge in [-0.3, -0.25) is 4.68 Å². The summed E-state index contributed by atoms with van der Waals surface area (Å²) in [6.45, 7) is 0. The second-order valence-corrected chi connectivity index (χ2v) is 4.17. The van der Waals surface area contributed by atoms with Gasteiger partial charge in [-0.05, 0) is 30.8 Å². The molecule has 1 N–H and O–H groups in total. The second-order valence-electron chi connectivity index (χ2n) is 3.77. The van der Waals surface area contributed by atoms with Crippen molar-refractivity contribution in [3.63, 3.8) is 0 Å². The maximum absolute atomic E-state index is 13.0. The van der Waals surface area contributed by atoms with Crippen LogP contribution in [-0.4, -0.2) is 16.8 Å². The predicted molar refractivity (Wildman–Crippen MR) is 65.5 cm³/mol. The van der Waals surface area contributed by atoms with E-state index in [2.05, 4.69) is 10.4 Å². The van der Waals surface area contributed by atoms with Crippen LogP contribution in [0.3, 0.4) is 0 Å². The molecule has 0 aliphatic heterocycles. The van der Waals surface area contributed by atoms with Gasteiger partial charge in [0, 0.05) is 18.3 Å². The summed E-state index contributed by atoms with van der Waals surface area (Å²) in [5.41, 5.74) is 1.81. The average molecular weight is 254 g/mol. The Morgan fingerprint density at radius 3 is 2.71 bits per heavy atom. The molecule has 0 amide bonds. The quantitative estimate of drug-likeness (QED) is 0.911. The number of hydrogen-bond acceptors (Lipinski definition) is 2. The van der Waals surface area contributed by atoms with Gasteiger partial charge in [-0.15, -0.1) is 0 Å². The van der Waals surface area contributed by atoms with Gasteiger partial charge in [0.2, 0.25) is 0 Å². The largest absolute Gasteiger partial charge is 0.308 e. The van der Waals surface area contributed by atoms with E-state index in [9.17, 15) is 4.39 Å². The zero-order valence-electron chi connectivity index (χ0n) is 9.61. The van der Waals surface area contributed by atoms with Crippen LogP contribution in [0.15, 0.2) is 30.5 Å². The first-order chi connectivity index (χ1) is 8.13. The number of hydrogen-bond donors (Lipinski definition) is 1. The van der Waals surface area contributed by atoms with Crippen LogP contribution in [0, 0.1) is 5.82 Å². The summed E-state index contributed by atoms with van der Waals surface area (Å²) in [5.74, 6) is -0.335. The van der Waals surface area contributed by atoms with Crippen LogP contribution >= 0.6 is 11.6 Å². The third kappa shape index (κ3) is 2.33. The molecular weight excluding hydrogens is 241 g/mol. The minimum absolute atomic E-state index is 0.101. The summed E-state index contributed by atoms with van der Waals surface area (Å²) >= 11 is 6.06. The van der Waals surface area contributed by atoms with Crippen molar-refractivity contribution >= 4 is 11.6 Å². The maximum Gasteiger partial charge on any atom is 0.124 e. The lowest BCUT2D eigenvalue weighted by Crippen LogP contribution is -2.21. The Bertz CT molecular complexity index is 524. The molecule has 0 spiro atoms. The molecule has 0 fully saturated rings. The van der Waals surface area contributed by atoms with Crippen LogP contribution in [0.1, 0.15) is 17.3 Å².